The van der Waals surface area contributed by atoms with Crippen molar-refractivity contribution in [3.8, 4) is 0 Å². The van der Waals surface area contributed by atoms with Crippen molar-refractivity contribution >= 4 is 64.5 Å². The zero-order chi connectivity index (χ0) is 37.1. The van der Waals surface area contributed by atoms with Crippen molar-refractivity contribution in [2.45, 2.75) is 28.0 Å². The molecule has 6 aromatic rings. The Morgan fingerprint density at radius 1 is 0.321 bits per heavy atom. The van der Waals surface area contributed by atoms with Crippen LogP contribution in [-0.2, 0) is 30.4 Å². The van der Waals surface area contributed by atoms with Crippen LogP contribution in [0.4, 0.5) is 34.1 Å². The summed E-state index contributed by atoms with van der Waals surface area (Å²) in [5.74, 6) is -0.234. The molecule has 0 amide bonds. The summed E-state index contributed by atoms with van der Waals surface area (Å²) >= 11 is 0. The summed E-state index contributed by atoms with van der Waals surface area (Å²) in [6.07, 6.45) is 0. The second-order valence-electron chi connectivity index (χ2n) is 11.6. The molecule has 0 saturated heterocycles. The van der Waals surface area contributed by atoms with Gasteiger partial charge in [0.2, 0.25) is 0 Å². The van der Waals surface area contributed by atoms with Crippen molar-refractivity contribution in [3.05, 3.63) is 162 Å². The van der Waals surface area contributed by atoms with Crippen molar-refractivity contribution < 1.29 is 38.9 Å². The Balaban J connectivity index is 0.00000541. The lowest BCUT2D eigenvalue weighted by Gasteiger charge is -2.21. The average Bonchev–Trinajstić information content (AvgIpc) is 3.10. The van der Waals surface area contributed by atoms with Gasteiger partial charge in [-0.2, -0.15) is 0 Å². The summed E-state index contributed by atoms with van der Waals surface area (Å²) in [7, 11) is -13.7. The minimum atomic E-state index is -4.56. The maximum Gasteiger partial charge on any atom is 0.124 e. The summed E-state index contributed by atoms with van der Waals surface area (Å²) < 4.78 is 102. The van der Waals surface area contributed by atoms with E-state index in [1.54, 1.807) is 0 Å². The quantitative estimate of drug-likeness (QED) is 0.0819. The molecule has 0 aliphatic carbocycles. The highest BCUT2D eigenvalue weighted by Crippen LogP contribution is 2.35. The molecule has 0 bridgehead atoms. The van der Waals surface area contributed by atoms with Gasteiger partial charge in [0.1, 0.15) is 30.4 Å². The second-order valence-corrected chi connectivity index (χ2v) is 15.7. The summed E-state index contributed by atoms with van der Waals surface area (Å²) in [5.41, 5.74) is 6.81. The van der Waals surface area contributed by atoms with E-state index in [-0.39, 0.29) is 28.0 Å². The third kappa shape index (κ3) is 9.87. The lowest BCUT2D eigenvalue weighted by molar-refractivity contribution is 0.461. The van der Waals surface area contributed by atoms with Crippen LogP contribution < -0.4 is 16.0 Å². The van der Waals surface area contributed by atoms with Crippen molar-refractivity contribution in [1.29, 1.82) is 0 Å². The maximum atomic E-state index is 11.3. The van der Waals surface area contributed by atoms with Gasteiger partial charge in [-0.1, -0.05) is 43.8 Å². The first-order valence-corrected chi connectivity index (χ1v) is 19.6. The predicted molar refractivity (Wildman–Crippen MR) is 200 cm³/mol. The van der Waals surface area contributed by atoms with E-state index in [1.807, 2.05) is 72.8 Å². The molecule has 0 spiro atoms. The first-order valence-electron chi connectivity index (χ1n) is 15.4. The first-order chi connectivity index (χ1) is 24.6. The first kappa shape index (κ1) is 38.7. The monoisotopic (exact) mass is 770 g/mol. The van der Waals surface area contributed by atoms with Crippen molar-refractivity contribution in [3.63, 3.8) is 0 Å². The van der Waals surface area contributed by atoms with E-state index in [9.17, 15) is 38.9 Å². The van der Waals surface area contributed by atoms with Gasteiger partial charge in [0.25, 0.3) is 0 Å². The highest BCUT2D eigenvalue weighted by Gasteiger charge is 2.18. The molecule has 274 valence electrons. The van der Waals surface area contributed by atoms with Gasteiger partial charge >= 0.3 is 0 Å². The van der Waals surface area contributed by atoms with E-state index in [2.05, 4.69) is 16.0 Å². The van der Waals surface area contributed by atoms with E-state index in [0.29, 0.717) is 17.1 Å². The smallest absolute Gasteiger partial charge is 0.124 e. The highest BCUT2D eigenvalue weighted by molar-refractivity contribution is 7.86. The molecule has 0 radical (unpaired) electrons. The number of anilines is 6. The fraction of sp³-hybridized carbons (Fsp3) is 0.0526. The summed E-state index contributed by atoms with van der Waals surface area (Å²) in [6.45, 7) is 0. The summed E-state index contributed by atoms with van der Waals surface area (Å²) in [4.78, 5) is -0.961. The van der Waals surface area contributed by atoms with Gasteiger partial charge in [-0.05, 0) is 126 Å². The molecule has 0 fully saturated rings. The molecule has 0 aromatic heterocycles. The Morgan fingerprint density at radius 3 is 0.660 bits per heavy atom. The lowest BCUT2D eigenvalue weighted by Crippen LogP contribution is -2.04. The minimum Gasteiger partial charge on any atom is -0.744 e. The molecular formula is C38H32N3O9S3-3. The van der Waals surface area contributed by atoms with Crippen LogP contribution in [-0.4, -0.2) is 38.9 Å². The highest BCUT2D eigenvalue weighted by atomic mass is 32.2. The molecular weight excluding hydrogens is 739 g/mol. The van der Waals surface area contributed by atoms with Crippen LogP contribution in [0.3, 0.4) is 0 Å². The molecule has 0 unspecified atom stereocenters. The number of hydrogen-bond donors (Lipinski definition) is 3. The van der Waals surface area contributed by atoms with E-state index in [4.69, 9.17) is 0 Å². The number of rotatable bonds is 12. The van der Waals surface area contributed by atoms with E-state index in [0.717, 1.165) is 33.8 Å². The molecule has 3 N–H and O–H groups in total. The van der Waals surface area contributed by atoms with Gasteiger partial charge in [-0.15, -0.1) is 0 Å². The van der Waals surface area contributed by atoms with Crippen LogP contribution >= 0.6 is 0 Å². The topological polar surface area (TPSA) is 208 Å². The van der Waals surface area contributed by atoms with Gasteiger partial charge in [-0.3, -0.25) is 0 Å². The average molecular weight is 771 g/mol. The fourth-order valence-electron chi connectivity index (χ4n) is 5.47. The van der Waals surface area contributed by atoms with Gasteiger partial charge in [0.15, 0.2) is 0 Å². The molecule has 12 nitrogen and oxygen atoms in total. The van der Waals surface area contributed by atoms with Gasteiger partial charge < -0.3 is 29.6 Å². The molecule has 0 atom stereocenters. The standard InChI is InChI=1S/C37H31N3O9S3.CH4/c41-50(42,43)34-19-13-31(14-20-34)38-28-7-1-25(2-8-28)37(26-3-9-29(10-4-26)39-32-15-21-35(22-16-32)51(44,45)46)27-5-11-30(12-6-27)40-33-17-23-36(24-18-33)52(47,48)49;/h1-24,37-40H,(H,41,42,43)(H,44,45,46)(H,47,48,49);1H4/p-3. The maximum absolute atomic E-state index is 11.3. The third-order valence-corrected chi connectivity index (χ3v) is 10.6. The SMILES string of the molecule is C.O=S(=O)([O-])c1ccc(Nc2ccc(C(c3ccc(Nc4ccc(S(=O)(=O)[O-])cc4)cc3)c3ccc(Nc4ccc(S(=O)(=O)[O-])cc4)cc3)cc2)cc1. The predicted octanol–water partition coefficient (Wildman–Crippen LogP) is 7.45. The third-order valence-electron chi connectivity index (χ3n) is 8.03. The molecule has 0 saturated carbocycles. The fourth-order valence-corrected chi connectivity index (χ4v) is 6.88. The Hall–Kier alpha value is -5.55. The van der Waals surface area contributed by atoms with Crippen molar-refractivity contribution in [1.82, 2.24) is 0 Å². The Bertz CT molecular complexity index is 2220. The molecule has 53 heavy (non-hydrogen) atoms. The van der Waals surface area contributed by atoms with Crippen LogP contribution in [0.5, 0.6) is 0 Å². The normalized spacial score (nSPS) is 11.8. The number of benzene rings is 6. The molecule has 6 rings (SSSR count). The summed E-state index contributed by atoms with van der Waals surface area (Å²) in [6, 6.07) is 39.5. The van der Waals surface area contributed by atoms with Crippen molar-refractivity contribution in [2.24, 2.45) is 0 Å². The molecule has 0 aliphatic heterocycles. The number of hydrogen-bond acceptors (Lipinski definition) is 12. The van der Waals surface area contributed by atoms with Crippen LogP contribution in [0.2, 0.25) is 0 Å². The van der Waals surface area contributed by atoms with Gasteiger partial charge in [0.05, 0.1) is 14.7 Å². The summed E-state index contributed by atoms with van der Waals surface area (Å²) in [5, 5.41) is 9.59. The van der Waals surface area contributed by atoms with Crippen molar-refractivity contribution in [2.75, 3.05) is 16.0 Å². The Kier molecular flexibility index (Phi) is 11.4. The van der Waals surface area contributed by atoms with Crippen LogP contribution in [0.15, 0.2) is 160 Å². The zero-order valence-electron chi connectivity index (χ0n) is 26.8. The second kappa shape index (κ2) is 15.6. The van der Waals surface area contributed by atoms with Gasteiger partial charge in [0, 0.05) is 40.0 Å². The molecule has 15 heteroatoms. The van der Waals surface area contributed by atoms with Crippen LogP contribution in [0, 0.1) is 0 Å². The zero-order valence-corrected chi connectivity index (χ0v) is 29.3. The molecule has 6 aromatic carbocycles. The van der Waals surface area contributed by atoms with E-state index >= 15 is 0 Å². The van der Waals surface area contributed by atoms with Crippen LogP contribution in [0.25, 0.3) is 0 Å². The molecule has 0 heterocycles. The molecule has 0 aliphatic rings. The largest absolute Gasteiger partial charge is 0.744 e. The minimum absolute atomic E-state index is 0. The van der Waals surface area contributed by atoms with E-state index in [1.165, 1.54) is 72.8 Å². The number of nitrogens with one attached hydrogen (secondary N) is 3. The van der Waals surface area contributed by atoms with E-state index < -0.39 is 30.4 Å². The Labute approximate surface area is 308 Å². The van der Waals surface area contributed by atoms with Gasteiger partial charge in [-0.25, -0.2) is 25.3 Å². The lowest BCUT2D eigenvalue weighted by atomic mass is 9.85. The van der Waals surface area contributed by atoms with Crippen LogP contribution in [0.1, 0.15) is 30.0 Å². The Morgan fingerprint density at radius 2 is 0.491 bits per heavy atom.